The van der Waals surface area contributed by atoms with Gasteiger partial charge in [0.2, 0.25) is 0 Å². The van der Waals surface area contributed by atoms with E-state index >= 15 is 0 Å². The van der Waals surface area contributed by atoms with E-state index in [1.54, 1.807) is 11.3 Å². The van der Waals surface area contributed by atoms with E-state index in [0.29, 0.717) is 10.6 Å². The molecular weight excluding hydrogens is 350 g/mol. The summed E-state index contributed by atoms with van der Waals surface area (Å²) in [4.78, 5) is 19.7. The van der Waals surface area contributed by atoms with E-state index < -0.39 is 0 Å². The first-order valence-electron chi connectivity index (χ1n) is 7.79. The van der Waals surface area contributed by atoms with Gasteiger partial charge < -0.3 is 0 Å². The Morgan fingerprint density at radius 2 is 1.92 bits per heavy atom. The maximum absolute atomic E-state index is 12.2. The van der Waals surface area contributed by atoms with Crippen molar-refractivity contribution in [1.29, 1.82) is 0 Å². The summed E-state index contributed by atoms with van der Waals surface area (Å²) in [6.45, 7) is 0.125. The van der Waals surface area contributed by atoms with E-state index in [1.807, 2.05) is 36.4 Å². The van der Waals surface area contributed by atoms with Crippen LogP contribution in [0.3, 0.4) is 0 Å². The number of benzene rings is 1. The molecule has 0 saturated heterocycles. The Labute approximate surface area is 151 Å². The summed E-state index contributed by atoms with van der Waals surface area (Å²) < 4.78 is 0. The number of pyridine rings is 1. The number of thiophene rings is 2. The molecule has 6 heteroatoms. The van der Waals surface area contributed by atoms with Crippen LogP contribution in [0.2, 0.25) is 0 Å². The zero-order chi connectivity index (χ0) is 16.8. The molecule has 0 saturated carbocycles. The lowest BCUT2D eigenvalue weighted by Crippen LogP contribution is -2.03. The van der Waals surface area contributed by atoms with Crippen molar-refractivity contribution in [1.82, 2.24) is 4.98 Å². The van der Waals surface area contributed by atoms with E-state index in [0.717, 1.165) is 31.9 Å². The van der Waals surface area contributed by atoms with Gasteiger partial charge >= 0.3 is 0 Å². The van der Waals surface area contributed by atoms with E-state index in [9.17, 15) is 4.79 Å². The van der Waals surface area contributed by atoms with Crippen molar-refractivity contribution in [2.75, 3.05) is 6.54 Å². The van der Waals surface area contributed by atoms with Gasteiger partial charge in [0, 0.05) is 21.4 Å². The largest absolute Gasteiger partial charge is 0.291 e. The molecule has 0 bridgehead atoms. The molecule has 0 atom stereocenters. The Hall–Kier alpha value is -2.70. The number of nitrogens with zero attached hydrogens (tertiary/aromatic N) is 3. The third kappa shape index (κ3) is 2.33. The lowest BCUT2D eigenvalue weighted by Gasteiger charge is -2.07. The molecule has 0 fully saturated rings. The minimum Gasteiger partial charge on any atom is -0.291 e. The van der Waals surface area contributed by atoms with Crippen molar-refractivity contribution in [3.8, 4) is 21.7 Å². The van der Waals surface area contributed by atoms with E-state index in [1.165, 1.54) is 11.3 Å². The van der Waals surface area contributed by atoms with Gasteiger partial charge in [-0.15, -0.1) is 22.7 Å². The second kappa shape index (κ2) is 5.68. The molecule has 1 aliphatic rings. The maximum Gasteiger partial charge on any atom is 0.198 e. The molecule has 0 N–H and O–H groups in total. The molecule has 25 heavy (non-hydrogen) atoms. The fourth-order valence-electron chi connectivity index (χ4n) is 2.99. The molecule has 0 radical (unpaired) electrons. The number of ketones is 1. The van der Waals surface area contributed by atoms with Crippen LogP contribution in [-0.4, -0.2) is 17.3 Å². The lowest BCUT2D eigenvalue weighted by molar-refractivity contribution is 0.100. The van der Waals surface area contributed by atoms with Gasteiger partial charge in [-0.1, -0.05) is 36.4 Å². The average molecular weight is 361 g/mol. The molecule has 4 heterocycles. The van der Waals surface area contributed by atoms with Crippen LogP contribution in [0.1, 0.15) is 9.67 Å². The molecule has 120 valence electrons. The van der Waals surface area contributed by atoms with Crippen molar-refractivity contribution < 1.29 is 4.79 Å². The molecule has 0 amide bonds. The normalized spacial score (nSPS) is 13.4. The van der Waals surface area contributed by atoms with Crippen LogP contribution >= 0.6 is 22.7 Å². The Balaban J connectivity index is 1.87. The average Bonchev–Trinajstić information content (AvgIpc) is 3.30. The molecule has 0 unspecified atom stereocenters. The Morgan fingerprint density at radius 1 is 1.04 bits per heavy atom. The molecule has 5 rings (SSSR count). The zero-order valence-electron chi connectivity index (χ0n) is 13.0. The van der Waals surface area contributed by atoms with Gasteiger partial charge in [-0.3, -0.25) is 4.79 Å². The number of azo groups is 1. The maximum atomic E-state index is 12.2. The van der Waals surface area contributed by atoms with Gasteiger partial charge in [-0.05, 0) is 17.5 Å². The van der Waals surface area contributed by atoms with Gasteiger partial charge in [0.05, 0.1) is 5.69 Å². The minimum atomic E-state index is 0.0198. The van der Waals surface area contributed by atoms with Crippen molar-refractivity contribution in [2.24, 2.45) is 10.2 Å². The fourth-order valence-corrected chi connectivity index (χ4v) is 4.81. The molecule has 1 aliphatic heterocycles. The van der Waals surface area contributed by atoms with Crippen LogP contribution in [0.25, 0.3) is 31.9 Å². The molecule has 3 aromatic heterocycles. The smallest absolute Gasteiger partial charge is 0.198 e. The van der Waals surface area contributed by atoms with Crippen LogP contribution in [0, 0.1) is 0 Å². The lowest BCUT2D eigenvalue weighted by atomic mass is 10.0. The highest BCUT2D eigenvalue weighted by molar-refractivity contribution is 7.21. The topological polar surface area (TPSA) is 54.7 Å². The van der Waals surface area contributed by atoms with Gasteiger partial charge in [0.1, 0.15) is 21.9 Å². The molecule has 4 nitrogen and oxygen atoms in total. The highest BCUT2D eigenvalue weighted by atomic mass is 32.1. The fraction of sp³-hybridized carbons (Fsp3) is 0.0526. The first-order chi connectivity index (χ1) is 12.3. The van der Waals surface area contributed by atoms with Gasteiger partial charge in [0.15, 0.2) is 5.78 Å². The van der Waals surface area contributed by atoms with Gasteiger partial charge in [-0.2, -0.15) is 10.2 Å². The predicted molar refractivity (Wildman–Crippen MR) is 102 cm³/mol. The first-order valence-corrected chi connectivity index (χ1v) is 9.48. The highest BCUT2D eigenvalue weighted by Crippen LogP contribution is 2.46. The summed E-state index contributed by atoms with van der Waals surface area (Å²) >= 11 is 3.09. The van der Waals surface area contributed by atoms with E-state index in [-0.39, 0.29) is 12.3 Å². The summed E-state index contributed by atoms with van der Waals surface area (Å²) in [5.74, 6) is 0.0198. The summed E-state index contributed by atoms with van der Waals surface area (Å²) in [5.41, 5.74) is 3.69. The van der Waals surface area contributed by atoms with Crippen LogP contribution in [0.4, 0.5) is 5.69 Å². The number of Topliss-reactive ketones (excluding diaryl/α,β-unsaturated/α-hetero) is 1. The second-order valence-corrected chi connectivity index (χ2v) is 7.63. The first kappa shape index (κ1) is 14.6. The van der Waals surface area contributed by atoms with Crippen LogP contribution < -0.4 is 0 Å². The molecule has 0 spiro atoms. The summed E-state index contributed by atoms with van der Waals surface area (Å²) in [7, 11) is 0. The number of carbonyl (C=O) groups excluding carboxylic acids is 1. The van der Waals surface area contributed by atoms with Gasteiger partial charge in [0.25, 0.3) is 0 Å². The number of aromatic nitrogens is 1. The zero-order valence-corrected chi connectivity index (χ0v) is 14.6. The number of rotatable bonds is 2. The number of carbonyl (C=O) groups is 1. The second-order valence-electron chi connectivity index (χ2n) is 5.68. The SMILES string of the molecule is O=C1CN=Nc2c1sc1nc(-c3ccccc3)cc(-c3cccs3)c21. The van der Waals surface area contributed by atoms with Crippen molar-refractivity contribution in [3.05, 3.63) is 58.8 Å². The third-order valence-electron chi connectivity index (χ3n) is 4.13. The molecule has 1 aromatic carbocycles. The Kier molecular flexibility index (Phi) is 3.33. The third-order valence-corrected chi connectivity index (χ3v) is 6.15. The van der Waals surface area contributed by atoms with Crippen LogP contribution in [-0.2, 0) is 0 Å². The Bertz CT molecular complexity index is 1130. The molecule has 4 aromatic rings. The molecular formula is C19H11N3OS2. The number of fused-ring (bicyclic) bond motifs is 3. The summed E-state index contributed by atoms with van der Waals surface area (Å²) in [6, 6.07) is 16.3. The van der Waals surface area contributed by atoms with E-state index in [2.05, 4.69) is 27.7 Å². The monoisotopic (exact) mass is 361 g/mol. The standard InChI is InChI=1S/C19H11N3OS2/c23-14-10-20-22-17-16-12(15-7-4-8-24-15)9-13(11-5-2-1-3-6-11)21-19(16)25-18(14)17/h1-9H,10H2. The van der Waals surface area contributed by atoms with E-state index in [4.69, 9.17) is 4.98 Å². The van der Waals surface area contributed by atoms with Crippen LogP contribution in [0.5, 0.6) is 0 Å². The predicted octanol–water partition coefficient (Wildman–Crippen LogP) is 5.97. The molecule has 0 aliphatic carbocycles. The Morgan fingerprint density at radius 3 is 2.72 bits per heavy atom. The summed E-state index contributed by atoms with van der Waals surface area (Å²) in [6.07, 6.45) is 0. The van der Waals surface area contributed by atoms with Crippen molar-refractivity contribution >= 4 is 44.4 Å². The van der Waals surface area contributed by atoms with Crippen LogP contribution in [0.15, 0.2) is 64.1 Å². The van der Waals surface area contributed by atoms with Crippen molar-refractivity contribution in [2.45, 2.75) is 0 Å². The number of hydrogen-bond donors (Lipinski definition) is 0. The quantitative estimate of drug-likeness (QED) is 0.441. The number of hydrogen-bond acceptors (Lipinski definition) is 6. The summed E-state index contributed by atoms with van der Waals surface area (Å²) in [5, 5.41) is 11.2. The van der Waals surface area contributed by atoms with Crippen molar-refractivity contribution in [3.63, 3.8) is 0 Å². The highest BCUT2D eigenvalue weighted by Gasteiger charge is 2.25. The van der Waals surface area contributed by atoms with Gasteiger partial charge in [-0.25, -0.2) is 4.98 Å². The minimum absolute atomic E-state index is 0.0198.